The highest BCUT2D eigenvalue weighted by Crippen LogP contribution is 2.18. The second kappa shape index (κ2) is 2.69. The first kappa shape index (κ1) is 6.36. The van der Waals surface area contributed by atoms with Crippen LogP contribution in [0.3, 0.4) is 0 Å². The van der Waals surface area contributed by atoms with Crippen LogP contribution < -0.4 is 0 Å². The van der Waals surface area contributed by atoms with Crippen LogP contribution in [0.5, 0.6) is 0 Å². The second-order valence-electron chi connectivity index (χ2n) is 1.98. The van der Waals surface area contributed by atoms with Crippen molar-refractivity contribution in [1.29, 1.82) is 0 Å². The van der Waals surface area contributed by atoms with Crippen LogP contribution in [0.25, 0.3) is 0 Å². The van der Waals surface area contributed by atoms with E-state index in [1.165, 1.54) is 6.26 Å². The predicted molar refractivity (Wildman–Crippen MR) is 34.8 cm³/mol. The van der Waals surface area contributed by atoms with Gasteiger partial charge < -0.3 is 9.47 Å². The Kier molecular flexibility index (Phi) is 1.90. The monoisotopic (exact) mass is 126 g/mol. The second-order valence-corrected chi connectivity index (χ2v) is 1.98. The Balaban J connectivity index is 2.09. The molecule has 0 aromatic rings. The van der Waals surface area contributed by atoms with E-state index in [0.29, 0.717) is 6.10 Å². The zero-order chi connectivity index (χ0) is 6.69. The molecule has 2 nitrogen and oxygen atoms in total. The van der Waals surface area contributed by atoms with E-state index in [4.69, 9.17) is 9.47 Å². The fourth-order valence-electron chi connectivity index (χ4n) is 0.606. The summed E-state index contributed by atoms with van der Waals surface area (Å²) in [4.78, 5) is 0. The Bertz CT molecular complexity index is 125. The summed E-state index contributed by atoms with van der Waals surface area (Å²) in [7, 11) is 0. The van der Waals surface area contributed by atoms with E-state index in [0.717, 1.165) is 18.8 Å². The molecule has 1 atom stereocenters. The number of rotatable bonds is 4. The van der Waals surface area contributed by atoms with Crippen LogP contribution in [0.1, 0.15) is 6.42 Å². The van der Waals surface area contributed by atoms with Gasteiger partial charge in [-0.25, -0.2) is 0 Å². The van der Waals surface area contributed by atoms with Crippen LogP contribution in [0.2, 0.25) is 0 Å². The molecule has 1 aliphatic rings. The zero-order valence-corrected chi connectivity index (χ0v) is 5.30. The topological polar surface area (TPSA) is 21.8 Å². The summed E-state index contributed by atoms with van der Waals surface area (Å²) in [5.41, 5.74) is 0. The van der Waals surface area contributed by atoms with E-state index in [-0.39, 0.29) is 0 Å². The van der Waals surface area contributed by atoms with Crippen molar-refractivity contribution in [2.45, 2.75) is 12.5 Å². The highest BCUT2D eigenvalue weighted by atomic mass is 16.6. The van der Waals surface area contributed by atoms with Gasteiger partial charge in [0, 0.05) is 6.42 Å². The third kappa shape index (κ3) is 2.33. The Labute approximate surface area is 54.8 Å². The van der Waals surface area contributed by atoms with Crippen molar-refractivity contribution < 1.29 is 9.47 Å². The lowest BCUT2D eigenvalue weighted by Gasteiger charge is -1.98. The Morgan fingerprint density at radius 1 is 1.89 bits per heavy atom. The maximum Gasteiger partial charge on any atom is 0.0986 e. The smallest absolute Gasteiger partial charge is 0.0986 e. The van der Waals surface area contributed by atoms with Crippen molar-refractivity contribution in [2.24, 2.45) is 0 Å². The SMILES string of the molecule is C=COC(=C)CC1CO1. The van der Waals surface area contributed by atoms with E-state index in [1.54, 1.807) is 0 Å². The average Bonchev–Trinajstić information content (AvgIpc) is 2.50. The molecule has 1 saturated heterocycles. The van der Waals surface area contributed by atoms with Crippen LogP contribution in [-0.2, 0) is 9.47 Å². The van der Waals surface area contributed by atoms with Crippen LogP contribution in [0.4, 0.5) is 0 Å². The molecular formula is C7H10O2. The van der Waals surface area contributed by atoms with Crippen molar-refractivity contribution >= 4 is 0 Å². The number of epoxide rings is 1. The van der Waals surface area contributed by atoms with Gasteiger partial charge >= 0.3 is 0 Å². The molecule has 1 aliphatic heterocycles. The highest BCUT2D eigenvalue weighted by Gasteiger charge is 2.23. The number of hydrogen-bond donors (Lipinski definition) is 0. The quantitative estimate of drug-likeness (QED) is 0.420. The molecule has 0 bridgehead atoms. The van der Waals surface area contributed by atoms with Gasteiger partial charge in [0.2, 0.25) is 0 Å². The van der Waals surface area contributed by atoms with Gasteiger partial charge in [-0.2, -0.15) is 0 Å². The summed E-state index contributed by atoms with van der Waals surface area (Å²) in [6, 6.07) is 0. The molecule has 9 heavy (non-hydrogen) atoms. The lowest BCUT2D eigenvalue weighted by Crippen LogP contribution is -1.89. The number of hydrogen-bond acceptors (Lipinski definition) is 2. The van der Waals surface area contributed by atoms with Crippen LogP contribution in [0, 0.1) is 0 Å². The molecule has 0 radical (unpaired) electrons. The van der Waals surface area contributed by atoms with Gasteiger partial charge in [0.25, 0.3) is 0 Å². The van der Waals surface area contributed by atoms with E-state index < -0.39 is 0 Å². The van der Waals surface area contributed by atoms with E-state index in [2.05, 4.69) is 13.2 Å². The fraction of sp³-hybridized carbons (Fsp3) is 0.429. The molecule has 1 fully saturated rings. The first-order valence-electron chi connectivity index (χ1n) is 2.90. The van der Waals surface area contributed by atoms with Crippen molar-refractivity contribution in [3.8, 4) is 0 Å². The van der Waals surface area contributed by atoms with Gasteiger partial charge in [-0.05, 0) is 0 Å². The lowest BCUT2D eigenvalue weighted by atomic mass is 10.3. The largest absolute Gasteiger partial charge is 0.471 e. The summed E-state index contributed by atoms with van der Waals surface area (Å²) in [6.45, 7) is 7.90. The first-order chi connectivity index (χ1) is 4.33. The third-order valence-corrected chi connectivity index (χ3v) is 1.11. The van der Waals surface area contributed by atoms with Crippen molar-refractivity contribution in [1.82, 2.24) is 0 Å². The lowest BCUT2D eigenvalue weighted by molar-refractivity contribution is 0.312. The van der Waals surface area contributed by atoms with Gasteiger partial charge in [0.15, 0.2) is 0 Å². The molecule has 0 aromatic carbocycles. The Morgan fingerprint density at radius 3 is 3.00 bits per heavy atom. The predicted octanol–water partition coefficient (Wildman–Crippen LogP) is 1.45. The molecule has 1 unspecified atom stereocenters. The molecule has 2 heteroatoms. The zero-order valence-electron chi connectivity index (χ0n) is 5.30. The van der Waals surface area contributed by atoms with E-state index in [9.17, 15) is 0 Å². The summed E-state index contributed by atoms with van der Waals surface area (Å²) in [6.07, 6.45) is 2.54. The van der Waals surface area contributed by atoms with Crippen LogP contribution >= 0.6 is 0 Å². The van der Waals surface area contributed by atoms with Gasteiger partial charge in [-0.15, -0.1) is 0 Å². The Hall–Kier alpha value is -0.760. The molecule has 0 aliphatic carbocycles. The van der Waals surface area contributed by atoms with E-state index in [1.807, 2.05) is 0 Å². The highest BCUT2D eigenvalue weighted by molar-refractivity contribution is 4.91. The minimum Gasteiger partial charge on any atom is -0.471 e. The maximum atomic E-state index is 4.95. The summed E-state index contributed by atoms with van der Waals surface area (Å²) in [5, 5.41) is 0. The minimum atomic E-state index is 0.359. The average molecular weight is 126 g/mol. The molecule has 0 amide bonds. The minimum absolute atomic E-state index is 0.359. The molecule has 0 saturated carbocycles. The van der Waals surface area contributed by atoms with Gasteiger partial charge in [0.1, 0.15) is 0 Å². The molecule has 1 heterocycles. The van der Waals surface area contributed by atoms with Crippen molar-refractivity contribution in [2.75, 3.05) is 6.61 Å². The third-order valence-electron chi connectivity index (χ3n) is 1.11. The van der Waals surface area contributed by atoms with Crippen molar-refractivity contribution in [3.05, 3.63) is 25.2 Å². The maximum absolute atomic E-state index is 4.95. The molecule has 0 spiro atoms. The van der Waals surface area contributed by atoms with Gasteiger partial charge in [-0.1, -0.05) is 13.2 Å². The summed E-state index contributed by atoms with van der Waals surface area (Å²) < 4.78 is 9.83. The summed E-state index contributed by atoms with van der Waals surface area (Å²) >= 11 is 0. The summed E-state index contributed by atoms with van der Waals surface area (Å²) in [5.74, 6) is 0.729. The van der Waals surface area contributed by atoms with E-state index >= 15 is 0 Å². The first-order valence-corrected chi connectivity index (χ1v) is 2.90. The molecule has 0 aromatic heterocycles. The van der Waals surface area contributed by atoms with Crippen molar-refractivity contribution in [3.63, 3.8) is 0 Å². The fourth-order valence-corrected chi connectivity index (χ4v) is 0.606. The molecule has 0 N–H and O–H groups in total. The number of ether oxygens (including phenoxy) is 2. The molecule has 1 rings (SSSR count). The normalized spacial score (nSPS) is 22.9. The van der Waals surface area contributed by atoms with Crippen LogP contribution in [0.15, 0.2) is 25.2 Å². The molecule has 50 valence electrons. The van der Waals surface area contributed by atoms with Crippen LogP contribution in [-0.4, -0.2) is 12.7 Å². The van der Waals surface area contributed by atoms with Gasteiger partial charge in [-0.3, -0.25) is 0 Å². The molecular weight excluding hydrogens is 116 g/mol. The Morgan fingerprint density at radius 2 is 2.56 bits per heavy atom. The van der Waals surface area contributed by atoms with Gasteiger partial charge in [0.05, 0.1) is 24.7 Å². The standard InChI is InChI=1S/C7H10O2/c1-3-8-6(2)4-7-5-9-7/h3,7H,1-2,4-5H2.